The number of halogens is 1. The molecule has 0 atom stereocenters. The molecule has 1 aliphatic heterocycles. The van der Waals surface area contributed by atoms with Gasteiger partial charge in [0.05, 0.1) is 11.9 Å². The molecular weight excluding hydrogens is 377 g/mol. The van der Waals surface area contributed by atoms with E-state index in [4.69, 9.17) is 5.10 Å². The minimum Gasteiger partial charge on any atom is -0.369 e. The van der Waals surface area contributed by atoms with Gasteiger partial charge in [-0.25, -0.2) is 4.68 Å². The lowest BCUT2D eigenvalue weighted by atomic mass is 10.1. The van der Waals surface area contributed by atoms with E-state index >= 15 is 0 Å². The second-order valence-electron chi connectivity index (χ2n) is 4.83. The standard InChI is InChI=1S/C15H12IN5/c16-10-1-3-11(4-2-10)21-15-12(5-6-19-15)14(20-21)13-9-17-7-8-18-13/h1-4,7-9,19H,5-6H2. The van der Waals surface area contributed by atoms with Gasteiger partial charge in [0, 0.05) is 28.1 Å². The molecule has 0 radical (unpaired) electrons. The van der Waals surface area contributed by atoms with Crippen LogP contribution in [0, 0.1) is 3.57 Å². The molecule has 0 saturated heterocycles. The number of hydrogen-bond donors (Lipinski definition) is 1. The zero-order chi connectivity index (χ0) is 14.2. The number of nitrogens with zero attached hydrogens (tertiary/aromatic N) is 4. The molecule has 1 N–H and O–H groups in total. The van der Waals surface area contributed by atoms with E-state index in [9.17, 15) is 0 Å². The molecule has 0 saturated carbocycles. The third kappa shape index (κ3) is 2.19. The van der Waals surface area contributed by atoms with Crippen molar-refractivity contribution >= 4 is 28.4 Å². The molecule has 104 valence electrons. The highest BCUT2D eigenvalue weighted by atomic mass is 127. The van der Waals surface area contributed by atoms with Gasteiger partial charge >= 0.3 is 0 Å². The first-order valence-corrected chi connectivity index (χ1v) is 7.79. The van der Waals surface area contributed by atoms with Crippen molar-refractivity contribution in [2.24, 2.45) is 0 Å². The SMILES string of the molecule is Ic1ccc(-n2nc(-c3cnccn3)c3c2NCC3)cc1. The maximum atomic E-state index is 4.75. The van der Waals surface area contributed by atoms with Crippen LogP contribution in [0.4, 0.5) is 5.82 Å². The molecule has 0 bridgehead atoms. The lowest BCUT2D eigenvalue weighted by molar-refractivity contribution is 0.879. The van der Waals surface area contributed by atoms with E-state index in [1.54, 1.807) is 18.6 Å². The molecule has 3 aromatic rings. The number of benzene rings is 1. The molecule has 5 nitrogen and oxygen atoms in total. The highest BCUT2D eigenvalue weighted by Gasteiger charge is 2.24. The smallest absolute Gasteiger partial charge is 0.133 e. The van der Waals surface area contributed by atoms with E-state index in [0.29, 0.717) is 0 Å². The Kier molecular flexibility index (Phi) is 3.10. The van der Waals surface area contributed by atoms with Gasteiger partial charge in [-0.3, -0.25) is 9.97 Å². The van der Waals surface area contributed by atoms with Crippen LogP contribution in [0.1, 0.15) is 5.56 Å². The van der Waals surface area contributed by atoms with E-state index < -0.39 is 0 Å². The van der Waals surface area contributed by atoms with Gasteiger partial charge in [-0.2, -0.15) is 5.10 Å². The molecule has 2 aromatic heterocycles. The molecule has 0 aliphatic carbocycles. The Balaban J connectivity index is 1.88. The largest absolute Gasteiger partial charge is 0.369 e. The van der Waals surface area contributed by atoms with E-state index in [1.807, 2.05) is 4.68 Å². The van der Waals surface area contributed by atoms with Gasteiger partial charge in [0.1, 0.15) is 17.2 Å². The predicted octanol–water partition coefficient (Wildman–Crippen LogP) is 2.90. The summed E-state index contributed by atoms with van der Waals surface area (Å²) in [6.07, 6.45) is 6.11. The molecule has 3 heterocycles. The summed E-state index contributed by atoms with van der Waals surface area (Å²) in [5.41, 5.74) is 4.01. The summed E-state index contributed by atoms with van der Waals surface area (Å²) >= 11 is 2.30. The zero-order valence-corrected chi connectivity index (χ0v) is 13.3. The maximum absolute atomic E-state index is 4.75. The highest BCUT2D eigenvalue weighted by Crippen LogP contribution is 2.33. The van der Waals surface area contributed by atoms with Gasteiger partial charge in [0.25, 0.3) is 0 Å². The molecule has 0 spiro atoms. The summed E-state index contributed by atoms with van der Waals surface area (Å²) in [7, 11) is 0. The van der Waals surface area contributed by atoms with Gasteiger partial charge in [-0.1, -0.05) is 0 Å². The van der Waals surface area contributed by atoms with Gasteiger partial charge in [-0.05, 0) is 53.3 Å². The number of aromatic nitrogens is 4. The van der Waals surface area contributed by atoms with Gasteiger partial charge in [-0.15, -0.1) is 0 Å². The van der Waals surface area contributed by atoms with Crippen LogP contribution in [0.3, 0.4) is 0 Å². The van der Waals surface area contributed by atoms with Crippen LogP contribution in [0.15, 0.2) is 42.9 Å². The fourth-order valence-corrected chi connectivity index (χ4v) is 2.93. The number of nitrogens with one attached hydrogen (secondary N) is 1. The average Bonchev–Trinajstić information content (AvgIpc) is 3.11. The second kappa shape index (κ2) is 5.10. The van der Waals surface area contributed by atoms with E-state index in [1.165, 1.54) is 9.13 Å². The summed E-state index contributed by atoms with van der Waals surface area (Å²) in [4.78, 5) is 8.53. The topological polar surface area (TPSA) is 55.6 Å². The fourth-order valence-electron chi connectivity index (χ4n) is 2.57. The molecule has 0 unspecified atom stereocenters. The third-order valence-electron chi connectivity index (χ3n) is 3.53. The van der Waals surface area contributed by atoms with Crippen molar-refractivity contribution in [3.05, 3.63) is 52.0 Å². The molecule has 6 heteroatoms. The molecule has 1 aliphatic rings. The van der Waals surface area contributed by atoms with Crippen LogP contribution < -0.4 is 5.32 Å². The van der Waals surface area contributed by atoms with Crippen LogP contribution >= 0.6 is 22.6 Å². The molecule has 21 heavy (non-hydrogen) atoms. The van der Waals surface area contributed by atoms with Crippen molar-refractivity contribution in [2.45, 2.75) is 6.42 Å². The summed E-state index contributed by atoms with van der Waals surface area (Å²) in [6, 6.07) is 8.33. The van der Waals surface area contributed by atoms with E-state index in [0.717, 1.165) is 35.9 Å². The van der Waals surface area contributed by atoms with Crippen molar-refractivity contribution in [1.29, 1.82) is 0 Å². The second-order valence-corrected chi connectivity index (χ2v) is 6.08. The first-order valence-electron chi connectivity index (χ1n) is 6.71. The Morgan fingerprint density at radius 3 is 2.76 bits per heavy atom. The Morgan fingerprint density at radius 1 is 1.14 bits per heavy atom. The van der Waals surface area contributed by atoms with Crippen molar-refractivity contribution in [2.75, 3.05) is 11.9 Å². The normalized spacial score (nSPS) is 13.0. The Morgan fingerprint density at radius 2 is 2.00 bits per heavy atom. The Bertz CT molecular complexity index is 780. The lowest BCUT2D eigenvalue weighted by Gasteiger charge is -2.06. The van der Waals surface area contributed by atoms with Crippen molar-refractivity contribution < 1.29 is 0 Å². The summed E-state index contributed by atoms with van der Waals surface area (Å²) in [6.45, 7) is 0.935. The minimum atomic E-state index is 0.821. The average molecular weight is 389 g/mol. The molecule has 0 amide bonds. The molecule has 1 aromatic carbocycles. The van der Waals surface area contributed by atoms with Crippen molar-refractivity contribution in [3.63, 3.8) is 0 Å². The Labute approximate surface area is 135 Å². The molecule has 4 rings (SSSR count). The van der Waals surface area contributed by atoms with Crippen LogP contribution in [0.25, 0.3) is 17.1 Å². The maximum Gasteiger partial charge on any atom is 0.133 e. The minimum absolute atomic E-state index is 0.821. The zero-order valence-electron chi connectivity index (χ0n) is 11.1. The monoisotopic (exact) mass is 389 g/mol. The van der Waals surface area contributed by atoms with E-state index in [2.05, 4.69) is 62.1 Å². The third-order valence-corrected chi connectivity index (χ3v) is 4.25. The summed E-state index contributed by atoms with van der Waals surface area (Å²) < 4.78 is 3.17. The number of hydrogen-bond acceptors (Lipinski definition) is 4. The van der Waals surface area contributed by atoms with Crippen LogP contribution in [0.5, 0.6) is 0 Å². The first kappa shape index (κ1) is 12.8. The number of rotatable bonds is 2. The van der Waals surface area contributed by atoms with Crippen LogP contribution in [0.2, 0.25) is 0 Å². The van der Waals surface area contributed by atoms with Gasteiger partial charge in [0.2, 0.25) is 0 Å². The number of anilines is 1. The highest BCUT2D eigenvalue weighted by molar-refractivity contribution is 14.1. The molecular formula is C15H12IN5. The van der Waals surface area contributed by atoms with Crippen molar-refractivity contribution in [3.8, 4) is 17.1 Å². The van der Waals surface area contributed by atoms with Crippen LogP contribution in [-0.4, -0.2) is 26.3 Å². The van der Waals surface area contributed by atoms with Gasteiger partial charge < -0.3 is 5.32 Å². The van der Waals surface area contributed by atoms with Crippen LogP contribution in [-0.2, 0) is 6.42 Å². The first-order chi connectivity index (χ1) is 10.3. The Hall–Kier alpha value is -1.96. The predicted molar refractivity (Wildman–Crippen MR) is 89.5 cm³/mol. The summed E-state index contributed by atoms with van der Waals surface area (Å²) in [5, 5.41) is 8.17. The summed E-state index contributed by atoms with van der Waals surface area (Å²) in [5.74, 6) is 1.07. The lowest BCUT2D eigenvalue weighted by Crippen LogP contribution is -2.04. The fraction of sp³-hybridized carbons (Fsp3) is 0.133. The number of fused-ring (bicyclic) bond motifs is 1. The van der Waals surface area contributed by atoms with Crippen molar-refractivity contribution in [1.82, 2.24) is 19.7 Å². The van der Waals surface area contributed by atoms with E-state index in [-0.39, 0.29) is 0 Å². The van der Waals surface area contributed by atoms with Gasteiger partial charge in [0.15, 0.2) is 0 Å². The molecule has 0 fully saturated rings. The quantitative estimate of drug-likeness (QED) is 0.685.